The van der Waals surface area contributed by atoms with Crippen LogP contribution >= 0.6 is 7.60 Å². The van der Waals surface area contributed by atoms with Crippen LogP contribution in [0.2, 0.25) is 0 Å². The van der Waals surface area contributed by atoms with Gasteiger partial charge in [0.1, 0.15) is 12.1 Å². The molecule has 2 atom stereocenters. The van der Waals surface area contributed by atoms with Gasteiger partial charge in [0, 0.05) is 0 Å². The molecule has 134 valence electrons. The van der Waals surface area contributed by atoms with Crippen molar-refractivity contribution in [2.24, 2.45) is 15.9 Å². The fourth-order valence-corrected chi connectivity index (χ4v) is 4.07. The van der Waals surface area contributed by atoms with E-state index in [4.69, 9.17) is 18.5 Å². The second kappa shape index (κ2) is 9.40. The van der Waals surface area contributed by atoms with Crippen LogP contribution in [0.25, 0.3) is 0 Å². The highest BCUT2D eigenvalue weighted by atomic mass is 31.2. The van der Waals surface area contributed by atoms with Gasteiger partial charge in [-0.05, 0) is 26.2 Å². The van der Waals surface area contributed by atoms with E-state index in [0.29, 0.717) is 31.4 Å². The summed E-state index contributed by atoms with van der Waals surface area (Å²) < 4.78 is 33.9. The van der Waals surface area contributed by atoms with Gasteiger partial charge < -0.3 is 18.5 Å². The fraction of sp³-hybridized carbons (Fsp3) is 0.867. The molecule has 1 aliphatic rings. The molecule has 0 aromatic carbocycles. The van der Waals surface area contributed by atoms with Crippen molar-refractivity contribution in [1.82, 2.24) is 0 Å². The Bertz CT molecular complexity index is 468. The summed E-state index contributed by atoms with van der Waals surface area (Å²) in [5.41, 5.74) is 0. The first kappa shape index (κ1) is 20.1. The van der Waals surface area contributed by atoms with Crippen LogP contribution in [0, 0.1) is 5.92 Å². The summed E-state index contributed by atoms with van der Waals surface area (Å²) in [5.74, 6) is 1.36. The molecule has 0 amide bonds. The molecule has 0 spiro atoms. The summed E-state index contributed by atoms with van der Waals surface area (Å²) in [6, 6.07) is -0.490. The van der Waals surface area contributed by atoms with Crippen LogP contribution in [0.4, 0.5) is 0 Å². The molecule has 0 aromatic rings. The van der Waals surface area contributed by atoms with E-state index in [9.17, 15) is 4.57 Å². The molecule has 1 heterocycles. The Balaban J connectivity index is 2.87. The lowest BCUT2D eigenvalue weighted by Gasteiger charge is -2.27. The topological polar surface area (TPSA) is 78.7 Å². The molecule has 0 bridgehead atoms. The molecule has 7 nitrogen and oxygen atoms in total. The summed E-state index contributed by atoms with van der Waals surface area (Å²) in [5, 5.41) is 0. The van der Waals surface area contributed by atoms with Crippen LogP contribution in [0.5, 0.6) is 0 Å². The van der Waals surface area contributed by atoms with Crippen molar-refractivity contribution in [2.45, 2.75) is 46.2 Å². The highest BCUT2D eigenvalue weighted by Crippen LogP contribution is 2.49. The van der Waals surface area contributed by atoms with Crippen molar-refractivity contribution < 1.29 is 23.1 Å². The fourth-order valence-electron chi connectivity index (χ4n) is 2.39. The van der Waals surface area contributed by atoms with Gasteiger partial charge in [-0.3, -0.25) is 4.57 Å². The Hall–Kier alpha value is -0.910. The highest BCUT2D eigenvalue weighted by Gasteiger charge is 2.33. The predicted octanol–water partition coefficient (Wildman–Crippen LogP) is 3.14. The lowest BCUT2D eigenvalue weighted by atomic mass is 10.0. The molecule has 1 aliphatic heterocycles. The van der Waals surface area contributed by atoms with E-state index in [-0.39, 0.29) is 24.2 Å². The van der Waals surface area contributed by atoms with E-state index in [1.165, 1.54) is 0 Å². The first-order valence-corrected chi connectivity index (χ1v) is 9.75. The van der Waals surface area contributed by atoms with Gasteiger partial charge in [0.15, 0.2) is 0 Å². The zero-order chi connectivity index (χ0) is 17.5. The van der Waals surface area contributed by atoms with E-state index in [2.05, 4.69) is 23.8 Å². The third-order valence-corrected chi connectivity index (χ3v) is 5.57. The Morgan fingerprint density at radius 3 is 2.04 bits per heavy atom. The van der Waals surface area contributed by atoms with E-state index in [1.54, 1.807) is 28.1 Å². The van der Waals surface area contributed by atoms with Crippen molar-refractivity contribution in [3.8, 4) is 0 Å². The smallest absolute Gasteiger partial charge is 0.330 e. The van der Waals surface area contributed by atoms with Gasteiger partial charge in [0.2, 0.25) is 11.8 Å². The minimum atomic E-state index is -3.11. The van der Waals surface area contributed by atoms with Crippen molar-refractivity contribution in [1.29, 1.82) is 0 Å². The lowest BCUT2D eigenvalue weighted by Crippen LogP contribution is -2.37. The molecule has 0 fully saturated rings. The molecule has 8 heteroatoms. The molecule has 0 radical (unpaired) electrons. The largest absolute Gasteiger partial charge is 0.483 e. The van der Waals surface area contributed by atoms with Gasteiger partial charge in [-0.2, -0.15) is 0 Å². The molecule has 0 saturated carbocycles. The van der Waals surface area contributed by atoms with Crippen LogP contribution in [-0.4, -0.2) is 57.5 Å². The van der Waals surface area contributed by atoms with Gasteiger partial charge in [-0.25, -0.2) is 9.98 Å². The SMILES string of the molecule is CCOP(=O)(CC[C@H]1N=C(OC)[C@H](C(C)C)N=C1OC)OCC. The molecule has 1 rings (SSSR count). The maximum Gasteiger partial charge on any atom is 0.330 e. The summed E-state index contributed by atoms with van der Waals surface area (Å²) in [6.07, 6.45) is 0.718. The molecular weight excluding hydrogens is 319 g/mol. The number of nitrogens with zero attached hydrogens (tertiary/aromatic N) is 2. The van der Waals surface area contributed by atoms with Gasteiger partial charge in [-0.15, -0.1) is 0 Å². The molecular formula is C15H29N2O5P. The average molecular weight is 348 g/mol. The van der Waals surface area contributed by atoms with Gasteiger partial charge in [0.05, 0.1) is 33.6 Å². The van der Waals surface area contributed by atoms with Crippen LogP contribution in [-0.2, 0) is 23.1 Å². The number of ether oxygens (including phenoxy) is 2. The minimum absolute atomic E-state index is 0.156. The number of hydrogen-bond acceptors (Lipinski definition) is 7. The van der Waals surface area contributed by atoms with Crippen molar-refractivity contribution >= 4 is 19.4 Å². The normalized spacial score (nSPS) is 21.9. The van der Waals surface area contributed by atoms with Crippen molar-refractivity contribution in [3.63, 3.8) is 0 Å². The first-order chi connectivity index (χ1) is 10.9. The molecule has 0 aliphatic carbocycles. The summed E-state index contributed by atoms with van der Waals surface area (Å²) in [4.78, 5) is 9.18. The van der Waals surface area contributed by atoms with E-state index < -0.39 is 7.60 Å². The monoisotopic (exact) mass is 348 g/mol. The molecule has 0 aromatic heterocycles. The van der Waals surface area contributed by atoms with Crippen molar-refractivity contribution in [2.75, 3.05) is 33.6 Å². The Morgan fingerprint density at radius 1 is 1.04 bits per heavy atom. The van der Waals surface area contributed by atoms with Crippen LogP contribution in [0.3, 0.4) is 0 Å². The number of hydrogen-bond donors (Lipinski definition) is 0. The number of rotatable bonds is 8. The molecule has 23 heavy (non-hydrogen) atoms. The summed E-state index contributed by atoms with van der Waals surface area (Å²) >= 11 is 0. The van der Waals surface area contributed by atoms with E-state index in [0.717, 1.165) is 0 Å². The van der Waals surface area contributed by atoms with Crippen LogP contribution in [0.15, 0.2) is 9.98 Å². The Labute approximate surface area is 139 Å². The van der Waals surface area contributed by atoms with Gasteiger partial charge >= 0.3 is 7.60 Å². The molecule has 0 N–H and O–H groups in total. The Morgan fingerprint density at radius 2 is 1.61 bits per heavy atom. The Kier molecular flexibility index (Phi) is 8.23. The highest BCUT2D eigenvalue weighted by molar-refractivity contribution is 7.53. The summed E-state index contributed by atoms with van der Waals surface area (Å²) in [6.45, 7) is 8.37. The third kappa shape index (κ3) is 5.59. The van der Waals surface area contributed by atoms with Crippen LogP contribution in [0.1, 0.15) is 34.1 Å². The molecule has 0 saturated heterocycles. The second-order valence-electron chi connectivity index (χ2n) is 5.51. The number of methoxy groups -OCH3 is 2. The maximum absolute atomic E-state index is 12.6. The standard InChI is InChI=1S/C15H29N2O5P/c1-7-21-23(18,22-8-2)10-9-12-14(19-5)17-13(11(3)4)15(16-12)20-6/h11-13H,7-10H2,1-6H3/t12-,13+/m1/s1. The lowest BCUT2D eigenvalue weighted by molar-refractivity contribution is 0.219. The predicted molar refractivity (Wildman–Crippen MR) is 91.6 cm³/mol. The van der Waals surface area contributed by atoms with Crippen molar-refractivity contribution in [3.05, 3.63) is 0 Å². The van der Waals surface area contributed by atoms with Gasteiger partial charge in [-0.1, -0.05) is 13.8 Å². The quantitative estimate of drug-likeness (QED) is 0.630. The minimum Gasteiger partial charge on any atom is -0.483 e. The number of aliphatic imine (C=N–C) groups is 2. The summed E-state index contributed by atoms with van der Waals surface area (Å²) in [7, 11) is 0.0517. The van der Waals surface area contributed by atoms with E-state index >= 15 is 0 Å². The molecule has 0 unspecified atom stereocenters. The maximum atomic E-state index is 12.6. The zero-order valence-electron chi connectivity index (χ0n) is 14.9. The average Bonchev–Trinajstić information content (AvgIpc) is 2.52. The van der Waals surface area contributed by atoms with Gasteiger partial charge in [0.25, 0.3) is 0 Å². The van der Waals surface area contributed by atoms with Crippen LogP contribution < -0.4 is 0 Å². The zero-order valence-corrected chi connectivity index (χ0v) is 15.8. The second-order valence-corrected chi connectivity index (χ2v) is 7.69. The third-order valence-electron chi connectivity index (χ3n) is 3.47. The first-order valence-electron chi connectivity index (χ1n) is 8.02. The van der Waals surface area contributed by atoms with E-state index in [1.807, 2.05) is 0 Å².